The number of hydrogen-bond acceptors (Lipinski definition) is 4. The van der Waals surface area contributed by atoms with Crippen LogP contribution in [0.2, 0.25) is 5.02 Å². The molecule has 7 heteroatoms. The number of pyridine rings is 1. The summed E-state index contributed by atoms with van der Waals surface area (Å²) in [6.07, 6.45) is 4.36. The predicted molar refractivity (Wildman–Crippen MR) is 129 cm³/mol. The first-order valence-corrected chi connectivity index (χ1v) is 11.4. The Hall–Kier alpha value is -2.83. The largest absolute Gasteiger partial charge is 0.492 e. The number of nitrogens with one attached hydrogen (secondary N) is 1. The summed E-state index contributed by atoms with van der Waals surface area (Å²) in [6, 6.07) is 10.5. The fourth-order valence-corrected chi connectivity index (χ4v) is 4.72. The van der Waals surface area contributed by atoms with Crippen LogP contribution >= 0.6 is 11.6 Å². The smallest absolute Gasteiger partial charge is 0.326 e. The lowest BCUT2D eigenvalue weighted by molar-refractivity contribution is 0.250. The molecule has 2 aromatic carbocycles. The maximum absolute atomic E-state index is 13.6. The van der Waals surface area contributed by atoms with E-state index in [2.05, 4.69) is 5.32 Å². The molecule has 4 rings (SSSR count). The molecule has 0 radical (unpaired) electrons. The second-order valence-electron chi connectivity index (χ2n) is 8.50. The Morgan fingerprint density at radius 1 is 1.19 bits per heavy atom. The van der Waals surface area contributed by atoms with Gasteiger partial charge in [0.15, 0.2) is 0 Å². The van der Waals surface area contributed by atoms with Crippen LogP contribution in [0, 0.1) is 13.8 Å². The Morgan fingerprint density at radius 3 is 2.59 bits per heavy atom. The summed E-state index contributed by atoms with van der Waals surface area (Å²) in [6.45, 7) is 5.42. The Kier molecular flexibility index (Phi) is 6.53. The molecule has 1 atom stereocenters. The van der Waals surface area contributed by atoms with E-state index in [-0.39, 0.29) is 0 Å². The molecule has 1 aliphatic heterocycles. The van der Waals surface area contributed by atoms with Crippen molar-refractivity contribution in [2.45, 2.75) is 45.6 Å². The Bertz CT molecular complexity index is 1210. The Balaban J connectivity index is 1.89. The van der Waals surface area contributed by atoms with Crippen molar-refractivity contribution in [2.24, 2.45) is 5.73 Å². The van der Waals surface area contributed by atoms with Crippen molar-refractivity contribution < 1.29 is 9.53 Å². The molecule has 0 spiro atoms. The zero-order valence-corrected chi connectivity index (χ0v) is 19.2. The second-order valence-corrected chi connectivity index (χ2v) is 8.94. The monoisotopic (exact) mass is 453 g/mol. The molecule has 32 heavy (non-hydrogen) atoms. The first-order chi connectivity index (χ1) is 15.3. The highest BCUT2D eigenvalue weighted by Gasteiger charge is 2.23. The summed E-state index contributed by atoms with van der Waals surface area (Å²) in [7, 11) is 0. The van der Waals surface area contributed by atoms with Crippen LogP contribution in [0.5, 0.6) is 5.75 Å². The number of primary amides is 1. The fraction of sp³-hybridized carbons (Fsp3) is 0.360. The number of benzene rings is 2. The first kappa shape index (κ1) is 22.4. The number of piperidine rings is 1. The van der Waals surface area contributed by atoms with Gasteiger partial charge in [-0.15, -0.1) is 0 Å². The lowest BCUT2D eigenvalue weighted by Gasteiger charge is -2.24. The zero-order chi connectivity index (χ0) is 22.8. The number of aromatic nitrogens is 1. The predicted octanol–water partition coefficient (Wildman–Crippen LogP) is 4.78. The third-order valence-electron chi connectivity index (χ3n) is 5.95. The number of halogens is 1. The van der Waals surface area contributed by atoms with Crippen molar-refractivity contribution in [3.63, 3.8) is 0 Å². The molecule has 0 bridgehead atoms. The molecule has 2 heterocycles. The van der Waals surface area contributed by atoms with Gasteiger partial charge in [0.2, 0.25) is 0 Å². The van der Waals surface area contributed by atoms with Crippen molar-refractivity contribution in [3.05, 3.63) is 62.9 Å². The highest BCUT2D eigenvalue weighted by Crippen LogP contribution is 2.36. The van der Waals surface area contributed by atoms with Gasteiger partial charge in [0, 0.05) is 16.5 Å². The summed E-state index contributed by atoms with van der Waals surface area (Å²) in [5.74, 6) is 0.458. The number of fused-ring (bicyclic) bond motifs is 1. The van der Waals surface area contributed by atoms with Crippen LogP contribution < -0.4 is 21.3 Å². The molecule has 168 valence electrons. The molecule has 0 aliphatic carbocycles. The maximum Gasteiger partial charge on any atom is 0.326 e. The average Bonchev–Trinajstić information content (AvgIpc) is 2.73. The quantitative estimate of drug-likeness (QED) is 0.582. The van der Waals surface area contributed by atoms with Crippen molar-refractivity contribution in [1.29, 1.82) is 0 Å². The van der Waals surface area contributed by atoms with Crippen LogP contribution in [0.4, 0.5) is 4.79 Å². The number of nitrogens with zero attached hydrogens (tertiary/aromatic N) is 1. The number of amides is 1. The number of aryl methyl sites for hydroxylation is 2. The molecule has 0 saturated carbocycles. The fourth-order valence-electron chi connectivity index (χ4n) is 4.55. The standard InChI is InChI=1S/C25H28ClN3O3/c1-15-11-16(2)13-17(12-15)22-23(32-10-8-19-5-3-4-9-28-19)20-7-6-18(26)14-21(20)29(24(22)30)25(27)31/h6-7,11-14,19,28H,3-5,8-10H2,1-2H3,(H2,27,31). The lowest BCUT2D eigenvalue weighted by atomic mass is 9.99. The molecular weight excluding hydrogens is 426 g/mol. The maximum atomic E-state index is 13.6. The van der Waals surface area contributed by atoms with Gasteiger partial charge in [0.25, 0.3) is 5.56 Å². The van der Waals surface area contributed by atoms with Gasteiger partial charge in [-0.25, -0.2) is 9.36 Å². The number of ether oxygens (including phenoxy) is 1. The Labute approximate surface area is 192 Å². The minimum Gasteiger partial charge on any atom is -0.492 e. The van der Waals surface area contributed by atoms with Crippen LogP contribution in [0.15, 0.2) is 41.2 Å². The van der Waals surface area contributed by atoms with E-state index >= 15 is 0 Å². The number of carbonyl (C=O) groups is 1. The molecule has 1 unspecified atom stereocenters. The molecule has 1 fully saturated rings. The van der Waals surface area contributed by atoms with E-state index in [0.717, 1.165) is 35.1 Å². The van der Waals surface area contributed by atoms with E-state index in [4.69, 9.17) is 22.1 Å². The van der Waals surface area contributed by atoms with Crippen molar-refractivity contribution >= 4 is 28.5 Å². The third kappa shape index (κ3) is 4.52. The van der Waals surface area contributed by atoms with E-state index in [1.807, 2.05) is 32.0 Å². The highest BCUT2D eigenvalue weighted by molar-refractivity contribution is 6.31. The zero-order valence-electron chi connectivity index (χ0n) is 18.4. The van der Waals surface area contributed by atoms with Crippen molar-refractivity contribution in [1.82, 2.24) is 9.88 Å². The normalized spacial score (nSPS) is 16.3. The molecule has 3 N–H and O–H groups in total. The molecular formula is C25H28ClN3O3. The van der Waals surface area contributed by atoms with Gasteiger partial charge < -0.3 is 15.8 Å². The van der Waals surface area contributed by atoms with Crippen LogP contribution in [0.1, 0.15) is 36.8 Å². The summed E-state index contributed by atoms with van der Waals surface area (Å²) >= 11 is 6.19. The van der Waals surface area contributed by atoms with Gasteiger partial charge in [0.05, 0.1) is 17.7 Å². The first-order valence-electron chi connectivity index (χ1n) is 11.0. The van der Waals surface area contributed by atoms with Crippen LogP contribution in [-0.2, 0) is 0 Å². The van der Waals surface area contributed by atoms with Gasteiger partial charge in [0.1, 0.15) is 5.75 Å². The van der Waals surface area contributed by atoms with E-state index in [9.17, 15) is 9.59 Å². The van der Waals surface area contributed by atoms with E-state index < -0.39 is 11.6 Å². The number of rotatable bonds is 5. The van der Waals surface area contributed by atoms with Crippen molar-refractivity contribution in [3.8, 4) is 16.9 Å². The lowest BCUT2D eigenvalue weighted by Crippen LogP contribution is -2.35. The molecule has 1 aliphatic rings. The average molecular weight is 454 g/mol. The molecule has 3 aromatic rings. The number of hydrogen-bond donors (Lipinski definition) is 2. The van der Waals surface area contributed by atoms with Gasteiger partial charge in [-0.1, -0.05) is 47.3 Å². The van der Waals surface area contributed by atoms with E-state index in [1.165, 1.54) is 12.8 Å². The van der Waals surface area contributed by atoms with Gasteiger partial charge in [-0.3, -0.25) is 4.79 Å². The molecule has 1 saturated heterocycles. The molecule has 6 nitrogen and oxygen atoms in total. The van der Waals surface area contributed by atoms with Gasteiger partial charge in [-0.2, -0.15) is 0 Å². The van der Waals surface area contributed by atoms with Crippen molar-refractivity contribution in [2.75, 3.05) is 13.2 Å². The van der Waals surface area contributed by atoms with Crippen LogP contribution in [-0.4, -0.2) is 29.8 Å². The SMILES string of the molecule is Cc1cc(C)cc(-c2c(OCCC3CCCCN3)c3ccc(Cl)cc3n(C(N)=O)c2=O)c1. The number of carbonyl (C=O) groups excluding carboxylic acids is 1. The molecule has 1 amide bonds. The summed E-state index contributed by atoms with van der Waals surface area (Å²) < 4.78 is 7.27. The summed E-state index contributed by atoms with van der Waals surface area (Å²) in [5, 5.41) is 4.55. The summed E-state index contributed by atoms with van der Waals surface area (Å²) in [5.41, 5.74) is 8.51. The molecule has 1 aromatic heterocycles. The summed E-state index contributed by atoms with van der Waals surface area (Å²) in [4.78, 5) is 25.9. The van der Waals surface area contributed by atoms with Crippen LogP contribution in [0.3, 0.4) is 0 Å². The third-order valence-corrected chi connectivity index (χ3v) is 6.18. The van der Waals surface area contributed by atoms with Gasteiger partial charge in [-0.05, 0) is 63.4 Å². The van der Waals surface area contributed by atoms with E-state index in [1.54, 1.807) is 18.2 Å². The van der Waals surface area contributed by atoms with Gasteiger partial charge >= 0.3 is 6.03 Å². The minimum atomic E-state index is -0.856. The Morgan fingerprint density at radius 2 is 1.94 bits per heavy atom. The number of nitrogens with two attached hydrogens (primary N) is 1. The minimum absolute atomic E-state index is 0.335. The second kappa shape index (κ2) is 9.35. The van der Waals surface area contributed by atoms with E-state index in [0.29, 0.717) is 45.5 Å². The topological polar surface area (TPSA) is 86.3 Å². The highest BCUT2D eigenvalue weighted by atomic mass is 35.5. The van der Waals surface area contributed by atoms with Crippen LogP contribution in [0.25, 0.3) is 22.0 Å².